The standard InChI is InChI=1S/C14H12BrN3OS/c15-11-6-12(20-8-11)7-18-4-3-9-1-2-10(5-13(9)18)14(16)17-19/h1-6,8,19H,7H2,(H2,16,17). The Balaban J connectivity index is 2.02. The van der Waals surface area contributed by atoms with E-state index in [2.05, 4.69) is 43.2 Å². The van der Waals surface area contributed by atoms with E-state index in [0.717, 1.165) is 21.9 Å². The third-order valence-electron chi connectivity index (χ3n) is 3.13. The molecule has 4 nitrogen and oxygen atoms in total. The Bertz CT molecular complexity index is 791. The van der Waals surface area contributed by atoms with Crippen molar-refractivity contribution in [2.75, 3.05) is 0 Å². The molecule has 2 heterocycles. The van der Waals surface area contributed by atoms with Crippen LogP contribution in [0.3, 0.4) is 0 Å². The van der Waals surface area contributed by atoms with Gasteiger partial charge in [-0.25, -0.2) is 0 Å². The monoisotopic (exact) mass is 349 g/mol. The summed E-state index contributed by atoms with van der Waals surface area (Å²) in [5.41, 5.74) is 7.43. The van der Waals surface area contributed by atoms with E-state index in [-0.39, 0.29) is 5.84 Å². The summed E-state index contributed by atoms with van der Waals surface area (Å²) in [5.74, 6) is 0.124. The first-order chi connectivity index (χ1) is 9.67. The number of amidine groups is 1. The summed E-state index contributed by atoms with van der Waals surface area (Å²) >= 11 is 5.18. The smallest absolute Gasteiger partial charge is 0.170 e. The number of nitrogens with two attached hydrogens (primary N) is 1. The highest BCUT2D eigenvalue weighted by molar-refractivity contribution is 9.10. The Kier molecular flexibility index (Phi) is 3.50. The average molecular weight is 350 g/mol. The van der Waals surface area contributed by atoms with E-state index in [9.17, 15) is 0 Å². The van der Waals surface area contributed by atoms with Crippen molar-refractivity contribution in [1.29, 1.82) is 0 Å². The molecule has 0 aliphatic carbocycles. The number of oxime groups is 1. The largest absolute Gasteiger partial charge is 0.409 e. The van der Waals surface area contributed by atoms with Crippen molar-refractivity contribution in [3.63, 3.8) is 0 Å². The molecule has 0 unspecified atom stereocenters. The second-order valence-electron chi connectivity index (χ2n) is 4.43. The zero-order chi connectivity index (χ0) is 14.1. The van der Waals surface area contributed by atoms with Crippen LogP contribution in [0, 0.1) is 0 Å². The van der Waals surface area contributed by atoms with Gasteiger partial charge < -0.3 is 15.5 Å². The Labute approximate surface area is 128 Å². The molecule has 0 saturated heterocycles. The molecule has 0 aliphatic rings. The van der Waals surface area contributed by atoms with Crippen LogP contribution < -0.4 is 5.73 Å². The highest BCUT2D eigenvalue weighted by Crippen LogP contribution is 2.24. The molecule has 0 saturated carbocycles. The zero-order valence-corrected chi connectivity index (χ0v) is 12.9. The maximum absolute atomic E-state index is 8.77. The van der Waals surface area contributed by atoms with Gasteiger partial charge in [-0.15, -0.1) is 11.3 Å². The molecule has 6 heteroatoms. The van der Waals surface area contributed by atoms with Crippen molar-refractivity contribution in [2.45, 2.75) is 6.54 Å². The van der Waals surface area contributed by atoms with E-state index < -0.39 is 0 Å². The van der Waals surface area contributed by atoms with Crippen molar-refractivity contribution in [3.8, 4) is 0 Å². The molecular formula is C14H12BrN3OS. The molecule has 20 heavy (non-hydrogen) atoms. The van der Waals surface area contributed by atoms with E-state index in [1.54, 1.807) is 11.3 Å². The lowest BCUT2D eigenvalue weighted by molar-refractivity contribution is 0.318. The van der Waals surface area contributed by atoms with E-state index in [4.69, 9.17) is 10.9 Å². The molecule has 0 atom stereocenters. The summed E-state index contributed by atoms with van der Waals surface area (Å²) in [4.78, 5) is 1.27. The van der Waals surface area contributed by atoms with Crippen LogP contribution in [0.15, 0.2) is 51.5 Å². The minimum absolute atomic E-state index is 0.124. The summed E-state index contributed by atoms with van der Waals surface area (Å²) in [6, 6.07) is 9.94. The number of hydrogen-bond acceptors (Lipinski definition) is 3. The van der Waals surface area contributed by atoms with Gasteiger partial charge in [-0.2, -0.15) is 0 Å². The fraction of sp³-hybridized carbons (Fsp3) is 0.0714. The molecule has 3 aromatic rings. The third-order valence-corrected chi connectivity index (χ3v) is 4.81. The van der Waals surface area contributed by atoms with Crippen molar-refractivity contribution in [1.82, 2.24) is 4.57 Å². The van der Waals surface area contributed by atoms with Crippen LogP contribution in [0.1, 0.15) is 10.4 Å². The van der Waals surface area contributed by atoms with E-state index in [1.807, 2.05) is 24.4 Å². The minimum Gasteiger partial charge on any atom is -0.409 e. The lowest BCUT2D eigenvalue weighted by Gasteiger charge is -2.05. The third kappa shape index (κ3) is 2.44. The van der Waals surface area contributed by atoms with Crippen LogP contribution >= 0.6 is 27.3 Å². The van der Waals surface area contributed by atoms with Crippen LogP contribution in [0.2, 0.25) is 0 Å². The predicted molar refractivity (Wildman–Crippen MR) is 85.6 cm³/mol. The molecule has 0 radical (unpaired) electrons. The summed E-state index contributed by atoms with van der Waals surface area (Å²) in [7, 11) is 0. The van der Waals surface area contributed by atoms with Gasteiger partial charge in [-0.1, -0.05) is 17.3 Å². The second-order valence-corrected chi connectivity index (χ2v) is 6.35. The summed E-state index contributed by atoms with van der Waals surface area (Å²) in [5, 5.41) is 15.0. The van der Waals surface area contributed by atoms with Gasteiger partial charge >= 0.3 is 0 Å². The van der Waals surface area contributed by atoms with Gasteiger partial charge in [0, 0.05) is 32.0 Å². The maximum atomic E-state index is 8.77. The van der Waals surface area contributed by atoms with Gasteiger partial charge in [0.2, 0.25) is 0 Å². The first kappa shape index (κ1) is 13.2. The van der Waals surface area contributed by atoms with E-state index in [0.29, 0.717) is 5.56 Å². The molecule has 0 aliphatic heterocycles. The van der Waals surface area contributed by atoms with Crippen LogP contribution in [0.4, 0.5) is 0 Å². The van der Waals surface area contributed by atoms with Crippen LogP contribution in [-0.2, 0) is 6.54 Å². The lowest BCUT2D eigenvalue weighted by Crippen LogP contribution is -2.12. The number of thiophene rings is 1. The number of fused-ring (bicyclic) bond motifs is 1. The van der Waals surface area contributed by atoms with Crippen molar-refractivity contribution >= 4 is 44.0 Å². The Morgan fingerprint density at radius 2 is 2.20 bits per heavy atom. The SMILES string of the molecule is N/C(=N/O)c1ccc2ccn(Cc3cc(Br)cs3)c2c1. The molecule has 0 amide bonds. The molecule has 1 aromatic carbocycles. The maximum Gasteiger partial charge on any atom is 0.170 e. The lowest BCUT2D eigenvalue weighted by atomic mass is 10.1. The van der Waals surface area contributed by atoms with Gasteiger partial charge in [0.05, 0.1) is 6.54 Å². The van der Waals surface area contributed by atoms with Crippen molar-refractivity contribution in [2.24, 2.45) is 10.9 Å². The Hall–Kier alpha value is -1.79. The number of benzene rings is 1. The zero-order valence-electron chi connectivity index (χ0n) is 10.5. The molecule has 2 aromatic heterocycles. The Morgan fingerprint density at radius 3 is 2.90 bits per heavy atom. The first-order valence-corrected chi connectivity index (χ1v) is 7.64. The average Bonchev–Trinajstić information content (AvgIpc) is 3.05. The fourth-order valence-corrected chi connectivity index (χ4v) is 3.59. The van der Waals surface area contributed by atoms with Gasteiger partial charge in [0.15, 0.2) is 5.84 Å². The summed E-state index contributed by atoms with van der Waals surface area (Å²) in [6.45, 7) is 0.805. The van der Waals surface area contributed by atoms with Gasteiger partial charge in [0.25, 0.3) is 0 Å². The quantitative estimate of drug-likeness (QED) is 0.328. The fourth-order valence-electron chi connectivity index (χ4n) is 2.14. The molecule has 0 spiro atoms. The van der Waals surface area contributed by atoms with Crippen LogP contribution in [-0.4, -0.2) is 15.6 Å². The number of nitrogens with zero attached hydrogens (tertiary/aromatic N) is 2. The van der Waals surface area contributed by atoms with Gasteiger partial charge in [-0.3, -0.25) is 0 Å². The molecule has 3 N–H and O–H groups in total. The van der Waals surface area contributed by atoms with Gasteiger partial charge in [-0.05, 0) is 39.5 Å². The van der Waals surface area contributed by atoms with Crippen molar-refractivity contribution < 1.29 is 5.21 Å². The number of rotatable bonds is 3. The first-order valence-electron chi connectivity index (χ1n) is 5.97. The topological polar surface area (TPSA) is 63.5 Å². The van der Waals surface area contributed by atoms with E-state index in [1.165, 1.54) is 4.88 Å². The number of hydrogen-bond donors (Lipinski definition) is 2. The van der Waals surface area contributed by atoms with Crippen molar-refractivity contribution in [3.05, 3.63) is 56.8 Å². The molecule has 0 fully saturated rings. The van der Waals surface area contributed by atoms with Crippen LogP contribution in [0.25, 0.3) is 10.9 Å². The molecule has 102 valence electrons. The van der Waals surface area contributed by atoms with Crippen LogP contribution in [0.5, 0.6) is 0 Å². The van der Waals surface area contributed by atoms with Gasteiger partial charge in [0.1, 0.15) is 0 Å². The summed E-state index contributed by atoms with van der Waals surface area (Å²) < 4.78 is 3.26. The Morgan fingerprint density at radius 1 is 1.35 bits per heavy atom. The molecular weight excluding hydrogens is 338 g/mol. The summed E-state index contributed by atoms with van der Waals surface area (Å²) in [6.07, 6.45) is 2.05. The molecule has 0 bridgehead atoms. The highest BCUT2D eigenvalue weighted by Gasteiger charge is 2.06. The second kappa shape index (κ2) is 5.30. The number of aromatic nitrogens is 1. The van der Waals surface area contributed by atoms with E-state index >= 15 is 0 Å². The highest BCUT2D eigenvalue weighted by atomic mass is 79.9. The predicted octanol–water partition coefficient (Wildman–Crippen LogP) is 3.61. The molecule has 3 rings (SSSR count). The minimum atomic E-state index is 0.124. The normalized spacial score (nSPS) is 12.2. The number of halogens is 1.